The number of hydrogen-bond acceptors (Lipinski definition) is 4. The zero-order valence-corrected chi connectivity index (χ0v) is 13.2. The number of aryl methyl sites for hydroxylation is 1. The number of carbonyl (C=O) groups is 3. The minimum atomic E-state index is -1.28. The lowest BCUT2D eigenvalue weighted by Gasteiger charge is -2.12. The number of benzene rings is 1. The van der Waals surface area contributed by atoms with E-state index in [1.54, 1.807) is 12.1 Å². The van der Waals surface area contributed by atoms with Crippen LogP contribution in [0.25, 0.3) is 0 Å². The van der Waals surface area contributed by atoms with Gasteiger partial charge in [-0.3, -0.25) is 15.0 Å². The van der Waals surface area contributed by atoms with E-state index in [2.05, 4.69) is 5.32 Å². The van der Waals surface area contributed by atoms with Crippen LogP contribution in [0.15, 0.2) is 24.3 Å². The molecule has 1 atom stereocenters. The Bertz CT molecular complexity index is 613. The first kappa shape index (κ1) is 19.1. The van der Waals surface area contributed by atoms with Crippen LogP contribution < -0.4 is 16.8 Å². The average Bonchev–Trinajstić information content (AvgIpc) is 2.50. The molecule has 0 saturated heterocycles. The Labute approximate surface area is 139 Å². The van der Waals surface area contributed by atoms with Gasteiger partial charge in [0, 0.05) is 12.0 Å². The van der Waals surface area contributed by atoms with Crippen molar-refractivity contribution in [3.8, 4) is 0 Å². The Kier molecular flexibility index (Phi) is 7.41. The monoisotopic (exact) mass is 334 g/mol. The summed E-state index contributed by atoms with van der Waals surface area (Å²) in [6.07, 6.45) is 1.84. The first-order chi connectivity index (χ1) is 11.3. The van der Waals surface area contributed by atoms with E-state index in [4.69, 9.17) is 22.0 Å². The molecule has 1 aromatic carbocycles. The summed E-state index contributed by atoms with van der Waals surface area (Å²) in [4.78, 5) is 33.4. The topological polar surface area (TPSA) is 159 Å². The Morgan fingerprint density at radius 2 is 1.75 bits per heavy atom. The molecule has 8 nitrogen and oxygen atoms in total. The number of aliphatic carboxylic acids is 1. The third kappa shape index (κ3) is 6.91. The van der Waals surface area contributed by atoms with Gasteiger partial charge in [0.2, 0.25) is 11.8 Å². The smallest absolute Gasteiger partial charge is 0.326 e. The van der Waals surface area contributed by atoms with Crippen LogP contribution in [0.3, 0.4) is 0 Å². The molecule has 0 saturated carbocycles. The fourth-order valence-electron chi connectivity index (χ4n) is 2.13. The van der Waals surface area contributed by atoms with E-state index in [1.165, 1.54) is 0 Å². The number of nitrogens with one attached hydrogen (secondary N) is 2. The molecule has 0 radical (unpaired) electrons. The van der Waals surface area contributed by atoms with Crippen LogP contribution in [0, 0.1) is 5.41 Å². The molecule has 0 aliphatic carbocycles. The lowest BCUT2D eigenvalue weighted by atomic mass is 10.0. The van der Waals surface area contributed by atoms with E-state index < -0.39 is 30.2 Å². The van der Waals surface area contributed by atoms with Gasteiger partial charge in [0.05, 0.1) is 6.42 Å². The Morgan fingerprint density at radius 1 is 1.12 bits per heavy atom. The van der Waals surface area contributed by atoms with E-state index in [0.29, 0.717) is 12.0 Å². The highest BCUT2D eigenvalue weighted by Gasteiger charge is 2.21. The van der Waals surface area contributed by atoms with Crippen LogP contribution in [-0.4, -0.2) is 34.8 Å². The predicted molar refractivity (Wildman–Crippen MR) is 88.4 cm³/mol. The lowest BCUT2D eigenvalue weighted by Crippen LogP contribution is -2.43. The summed E-state index contributed by atoms with van der Waals surface area (Å²) in [5.74, 6) is -2.47. The van der Waals surface area contributed by atoms with Gasteiger partial charge < -0.3 is 21.9 Å². The summed E-state index contributed by atoms with van der Waals surface area (Å²) in [7, 11) is 0. The molecule has 1 rings (SSSR count). The van der Waals surface area contributed by atoms with Gasteiger partial charge in [-0.2, -0.15) is 0 Å². The number of rotatable bonds is 10. The van der Waals surface area contributed by atoms with Crippen LogP contribution in [0.1, 0.15) is 36.8 Å². The zero-order valence-electron chi connectivity index (χ0n) is 13.2. The number of primary amides is 1. The van der Waals surface area contributed by atoms with E-state index in [9.17, 15) is 14.4 Å². The third-order valence-electron chi connectivity index (χ3n) is 3.42. The SMILES string of the molecule is N=C(N)c1ccc(CCCCC(=O)NC(CC(N)=O)C(=O)O)cc1. The van der Waals surface area contributed by atoms with Gasteiger partial charge >= 0.3 is 5.97 Å². The Balaban J connectivity index is 2.33. The molecule has 0 heterocycles. The fourth-order valence-corrected chi connectivity index (χ4v) is 2.13. The van der Waals surface area contributed by atoms with Gasteiger partial charge in [0.25, 0.3) is 0 Å². The summed E-state index contributed by atoms with van der Waals surface area (Å²) in [5, 5.41) is 18.5. The average molecular weight is 334 g/mol. The number of carbonyl (C=O) groups excluding carboxylic acids is 2. The normalized spacial score (nSPS) is 11.5. The maximum absolute atomic E-state index is 11.7. The maximum Gasteiger partial charge on any atom is 0.326 e. The molecule has 130 valence electrons. The molecule has 1 unspecified atom stereocenters. The number of hydrogen-bond donors (Lipinski definition) is 5. The van der Waals surface area contributed by atoms with Crippen LogP contribution in [-0.2, 0) is 20.8 Å². The van der Waals surface area contributed by atoms with Crippen molar-refractivity contribution in [2.45, 2.75) is 38.1 Å². The second-order valence-electron chi connectivity index (χ2n) is 5.45. The quantitative estimate of drug-likeness (QED) is 0.233. The summed E-state index contributed by atoms with van der Waals surface area (Å²) in [6, 6.07) is 6.01. The first-order valence-corrected chi connectivity index (χ1v) is 7.53. The van der Waals surface area contributed by atoms with Crippen molar-refractivity contribution in [1.82, 2.24) is 5.32 Å². The predicted octanol–water partition coefficient (Wildman–Crippen LogP) is 0.128. The summed E-state index contributed by atoms with van der Waals surface area (Å²) in [5.41, 5.74) is 12.1. The molecular weight excluding hydrogens is 312 g/mol. The Hall–Kier alpha value is -2.90. The third-order valence-corrected chi connectivity index (χ3v) is 3.42. The number of amidine groups is 1. The number of nitrogens with two attached hydrogens (primary N) is 2. The minimum Gasteiger partial charge on any atom is -0.480 e. The van der Waals surface area contributed by atoms with E-state index >= 15 is 0 Å². The van der Waals surface area contributed by atoms with Gasteiger partial charge in [-0.1, -0.05) is 24.3 Å². The highest BCUT2D eigenvalue weighted by atomic mass is 16.4. The maximum atomic E-state index is 11.7. The number of unbranched alkanes of at least 4 members (excludes halogenated alkanes) is 1. The number of carboxylic acids is 1. The molecule has 8 heteroatoms. The second kappa shape index (κ2) is 9.29. The van der Waals surface area contributed by atoms with Gasteiger partial charge in [0.1, 0.15) is 11.9 Å². The number of amides is 2. The molecule has 0 aliphatic rings. The summed E-state index contributed by atoms with van der Waals surface area (Å²) in [6.45, 7) is 0. The van der Waals surface area contributed by atoms with Crippen molar-refractivity contribution in [3.63, 3.8) is 0 Å². The molecule has 0 aromatic heterocycles. The minimum absolute atomic E-state index is 0.0159. The summed E-state index contributed by atoms with van der Waals surface area (Å²) >= 11 is 0. The molecule has 1 aromatic rings. The van der Waals surface area contributed by atoms with Crippen LogP contribution in [0.5, 0.6) is 0 Å². The fraction of sp³-hybridized carbons (Fsp3) is 0.375. The van der Waals surface area contributed by atoms with Crippen molar-refractivity contribution in [2.75, 3.05) is 0 Å². The van der Waals surface area contributed by atoms with E-state index in [0.717, 1.165) is 18.4 Å². The molecular formula is C16H22N4O4. The molecule has 0 spiro atoms. The molecule has 0 fully saturated rings. The van der Waals surface area contributed by atoms with Gasteiger partial charge in [-0.05, 0) is 24.8 Å². The van der Waals surface area contributed by atoms with Gasteiger partial charge in [0.15, 0.2) is 0 Å². The van der Waals surface area contributed by atoms with Crippen LogP contribution in [0.2, 0.25) is 0 Å². The molecule has 7 N–H and O–H groups in total. The van der Waals surface area contributed by atoms with E-state index in [-0.39, 0.29) is 12.3 Å². The molecule has 2 amide bonds. The standard InChI is InChI=1S/C16H22N4O4/c17-13(21)9-12(16(23)24)20-14(22)4-2-1-3-10-5-7-11(8-6-10)15(18)19/h5-8,12H,1-4,9H2,(H2,17,21)(H3,18,19)(H,20,22)(H,23,24). The van der Waals surface area contributed by atoms with Crippen molar-refractivity contribution < 1.29 is 19.5 Å². The van der Waals surface area contributed by atoms with Crippen molar-refractivity contribution in [3.05, 3.63) is 35.4 Å². The largest absolute Gasteiger partial charge is 0.480 e. The highest BCUT2D eigenvalue weighted by molar-refractivity contribution is 5.94. The number of carboxylic acid groups (broad SMARTS) is 1. The zero-order chi connectivity index (χ0) is 18.1. The van der Waals surface area contributed by atoms with Gasteiger partial charge in [-0.15, -0.1) is 0 Å². The lowest BCUT2D eigenvalue weighted by molar-refractivity contribution is -0.143. The molecule has 24 heavy (non-hydrogen) atoms. The molecule has 0 aliphatic heterocycles. The van der Waals surface area contributed by atoms with Crippen molar-refractivity contribution in [1.29, 1.82) is 5.41 Å². The highest BCUT2D eigenvalue weighted by Crippen LogP contribution is 2.09. The van der Waals surface area contributed by atoms with Gasteiger partial charge in [-0.25, -0.2) is 4.79 Å². The van der Waals surface area contributed by atoms with Crippen LogP contribution >= 0.6 is 0 Å². The summed E-state index contributed by atoms with van der Waals surface area (Å²) < 4.78 is 0. The molecule has 0 bridgehead atoms. The van der Waals surface area contributed by atoms with Crippen LogP contribution in [0.4, 0.5) is 0 Å². The van der Waals surface area contributed by atoms with Crippen molar-refractivity contribution >= 4 is 23.6 Å². The van der Waals surface area contributed by atoms with Crippen molar-refractivity contribution in [2.24, 2.45) is 11.5 Å². The van der Waals surface area contributed by atoms with E-state index in [1.807, 2.05) is 12.1 Å². The number of nitrogen functional groups attached to an aromatic ring is 1. The Morgan fingerprint density at radius 3 is 2.25 bits per heavy atom. The first-order valence-electron chi connectivity index (χ1n) is 7.53. The second-order valence-corrected chi connectivity index (χ2v) is 5.45.